The molecule has 1 saturated heterocycles. The van der Waals surface area contributed by atoms with Crippen molar-refractivity contribution in [1.82, 2.24) is 10.2 Å². The fourth-order valence-corrected chi connectivity index (χ4v) is 3.26. The number of aliphatic hydroxyl groups is 1. The molecule has 24 heavy (non-hydrogen) atoms. The lowest BCUT2D eigenvalue weighted by molar-refractivity contribution is -0.123. The summed E-state index contributed by atoms with van der Waals surface area (Å²) < 4.78 is 6.62. The van der Waals surface area contributed by atoms with Crippen molar-refractivity contribution in [3.8, 4) is 5.75 Å². The number of nitrogens with zero attached hydrogens (tertiary/aromatic N) is 1. The number of nitrogens with one attached hydrogen (secondary N) is 1. The monoisotopic (exact) mass is 396 g/mol. The Balaban J connectivity index is 1.33. The highest BCUT2D eigenvalue weighted by molar-refractivity contribution is 9.10. The SMILES string of the molecule is O=C(NC1CCN(CC(O)COc2ccc(Br)cc2)CC1)C1CC1. The molecule has 1 amide bonds. The Bertz CT molecular complexity index is 540. The molecule has 1 aliphatic carbocycles. The number of piperidine rings is 1. The van der Waals surface area contributed by atoms with Gasteiger partial charge in [-0.25, -0.2) is 0 Å². The molecule has 2 N–H and O–H groups in total. The number of aliphatic hydroxyl groups excluding tert-OH is 1. The summed E-state index contributed by atoms with van der Waals surface area (Å²) in [4.78, 5) is 14.0. The van der Waals surface area contributed by atoms with E-state index < -0.39 is 6.10 Å². The Kier molecular flexibility index (Phi) is 6.14. The van der Waals surface area contributed by atoms with Crippen LogP contribution >= 0.6 is 15.9 Å². The summed E-state index contributed by atoms with van der Waals surface area (Å²) in [5.74, 6) is 1.27. The Morgan fingerprint density at radius 2 is 1.92 bits per heavy atom. The molecule has 1 saturated carbocycles. The van der Waals surface area contributed by atoms with E-state index in [4.69, 9.17) is 4.74 Å². The Hall–Kier alpha value is -1.11. The Morgan fingerprint density at radius 1 is 1.25 bits per heavy atom. The van der Waals surface area contributed by atoms with Crippen LogP contribution in [0.4, 0.5) is 0 Å². The maximum Gasteiger partial charge on any atom is 0.223 e. The molecule has 1 heterocycles. The molecule has 3 rings (SSSR count). The van der Waals surface area contributed by atoms with Gasteiger partial charge in [0.05, 0.1) is 0 Å². The molecule has 2 fully saturated rings. The van der Waals surface area contributed by atoms with Gasteiger partial charge in [0.2, 0.25) is 5.91 Å². The average molecular weight is 397 g/mol. The van der Waals surface area contributed by atoms with Crippen LogP contribution in [0.5, 0.6) is 5.75 Å². The number of carbonyl (C=O) groups excluding carboxylic acids is 1. The summed E-state index contributed by atoms with van der Waals surface area (Å²) in [7, 11) is 0. The van der Waals surface area contributed by atoms with E-state index in [1.165, 1.54) is 0 Å². The molecule has 1 atom stereocenters. The van der Waals surface area contributed by atoms with E-state index in [0.29, 0.717) is 19.2 Å². The molecule has 2 aliphatic rings. The van der Waals surface area contributed by atoms with E-state index in [1.54, 1.807) is 0 Å². The Labute approximate surface area is 151 Å². The minimum Gasteiger partial charge on any atom is -0.491 e. The zero-order chi connectivity index (χ0) is 16.9. The summed E-state index contributed by atoms with van der Waals surface area (Å²) in [6.07, 6.45) is 3.51. The molecule has 0 aromatic heterocycles. The summed E-state index contributed by atoms with van der Waals surface area (Å²) in [6, 6.07) is 7.89. The number of β-amino-alcohol motifs (C(OH)–C–C–N with tert-alkyl or cyclic N) is 1. The van der Waals surface area contributed by atoms with Gasteiger partial charge in [0.1, 0.15) is 18.5 Å². The van der Waals surface area contributed by atoms with Gasteiger partial charge in [0.15, 0.2) is 0 Å². The normalized spacial score (nSPS) is 20.6. The minimum absolute atomic E-state index is 0.233. The molecular formula is C18H25BrN2O3. The van der Waals surface area contributed by atoms with Crippen LogP contribution in [0.15, 0.2) is 28.7 Å². The van der Waals surface area contributed by atoms with Crippen molar-refractivity contribution in [3.63, 3.8) is 0 Å². The predicted octanol–water partition coefficient (Wildman–Crippen LogP) is 2.18. The van der Waals surface area contributed by atoms with Crippen molar-refractivity contribution in [2.75, 3.05) is 26.2 Å². The van der Waals surface area contributed by atoms with Crippen molar-refractivity contribution >= 4 is 21.8 Å². The van der Waals surface area contributed by atoms with Crippen molar-refractivity contribution in [2.45, 2.75) is 37.8 Å². The number of carbonyl (C=O) groups is 1. The number of hydrogen-bond acceptors (Lipinski definition) is 4. The van der Waals surface area contributed by atoms with E-state index in [1.807, 2.05) is 24.3 Å². The van der Waals surface area contributed by atoms with Crippen LogP contribution in [0.2, 0.25) is 0 Å². The second kappa shape index (κ2) is 8.32. The van der Waals surface area contributed by atoms with Crippen LogP contribution < -0.4 is 10.1 Å². The molecule has 0 spiro atoms. The smallest absolute Gasteiger partial charge is 0.223 e. The van der Waals surface area contributed by atoms with Crippen LogP contribution in [0.3, 0.4) is 0 Å². The predicted molar refractivity (Wildman–Crippen MR) is 96.0 cm³/mol. The first-order valence-corrected chi connectivity index (χ1v) is 9.48. The van der Waals surface area contributed by atoms with E-state index in [2.05, 4.69) is 26.1 Å². The van der Waals surface area contributed by atoms with Crippen molar-refractivity contribution in [3.05, 3.63) is 28.7 Å². The number of benzene rings is 1. The van der Waals surface area contributed by atoms with Crippen LogP contribution in [-0.2, 0) is 4.79 Å². The van der Waals surface area contributed by atoms with Crippen molar-refractivity contribution in [2.24, 2.45) is 5.92 Å². The van der Waals surface area contributed by atoms with Gasteiger partial charge in [-0.05, 0) is 49.9 Å². The van der Waals surface area contributed by atoms with Crippen molar-refractivity contribution < 1.29 is 14.6 Å². The first-order valence-electron chi connectivity index (χ1n) is 8.69. The number of halogens is 1. The highest BCUT2D eigenvalue weighted by Gasteiger charge is 2.31. The number of amides is 1. The number of ether oxygens (including phenoxy) is 1. The van der Waals surface area contributed by atoms with Gasteiger partial charge in [0, 0.05) is 36.1 Å². The first kappa shape index (κ1) is 17.7. The average Bonchev–Trinajstić information content (AvgIpc) is 3.41. The van der Waals surface area contributed by atoms with Crippen LogP contribution in [0.1, 0.15) is 25.7 Å². The molecule has 5 nitrogen and oxygen atoms in total. The van der Waals surface area contributed by atoms with Gasteiger partial charge >= 0.3 is 0 Å². The second-order valence-corrected chi connectivity index (χ2v) is 7.69. The van der Waals surface area contributed by atoms with Crippen LogP contribution in [-0.4, -0.2) is 54.3 Å². The van der Waals surface area contributed by atoms with Crippen LogP contribution in [0, 0.1) is 5.92 Å². The molecule has 0 radical (unpaired) electrons. The van der Waals surface area contributed by atoms with Crippen LogP contribution in [0.25, 0.3) is 0 Å². The first-order chi connectivity index (χ1) is 11.6. The zero-order valence-corrected chi connectivity index (χ0v) is 15.4. The number of hydrogen-bond donors (Lipinski definition) is 2. The van der Waals surface area contributed by atoms with E-state index in [-0.39, 0.29) is 11.8 Å². The largest absolute Gasteiger partial charge is 0.491 e. The van der Waals surface area contributed by atoms with Crippen molar-refractivity contribution in [1.29, 1.82) is 0 Å². The third kappa shape index (κ3) is 5.46. The van der Waals surface area contributed by atoms with E-state index >= 15 is 0 Å². The van der Waals surface area contributed by atoms with Gasteiger partial charge in [0.25, 0.3) is 0 Å². The van der Waals surface area contributed by atoms with E-state index in [9.17, 15) is 9.90 Å². The summed E-state index contributed by atoms with van der Waals surface area (Å²) in [5.41, 5.74) is 0. The third-order valence-corrected chi connectivity index (χ3v) is 5.14. The lowest BCUT2D eigenvalue weighted by Crippen LogP contribution is -2.47. The molecule has 1 aromatic rings. The summed E-state index contributed by atoms with van der Waals surface area (Å²) >= 11 is 3.38. The highest BCUT2D eigenvalue weighted by Crippen LogP contribution is 2.29. The van der Waals surface area contributed by atoms with Gasteiger partial charge in [-0.1, -0.05) is 15.9 Å². The molecule has 132 valence electrons. The van der Waals surface area contributed by atoms with Gasteiger partial charge in [-0.2, -0.15) is 0 Å². The fraction of sp³-hybridized carbons (Fsp3) is 0.611. The third-order valence-electron chi connectivity index (χ3n) is 4.61. The van der Waals surface area contributed by atoms with E-state index in [0.717, 1.165) is 49.0 Å². The second-order valence-electron chi connectivity index (χ2n) is 6.78. The van der Waals surface area contributed by atoms with Gasteiger partial charge in [-0.15, -0.1) is 0 Å². The lowest BCUT2D eigenvalue weighted by atomic mass is 10.0. The molecule has 1 unspecified atom stereocenters. The Morgan fingerprint density at radius 3 is 2.54 bits per heavy atom. The highest BCUT2D eigenvalue weighted by atomic mass is 79.9. The van der Waals surface area contributed by atoms with Gasteiger partial charge in [-0.3, -0.25) is 4.79 Å². The molecule has 1 aromatic carbocycles. The summed E-state index contributed by atoms with van der Waals surface area (Å²) in [6.45, 7) is 2.72. The van der Waals surface area contributed by atoms with Gasteiger partial charge < -0.3 is 20.1 Å². The lowest BCUT2D eigenvalue weighted by Gasteiger charge is -2.33. The topological polar surface area (TPSA) is 61.8 Å². The number of rotatable bonds is 7. The molecule has 6 heteroatoms. The maximum absolute atomic E-state index is 11.8. The molecule has 1 aliphatic heterocycles. The quantitative estimate of drug-likeness (QED) is 0.741. The summed E-state index contributed by atoms with van der Waals surface area (Å²) in [5, 5.41) is 13.3. The molecule has 0 bridgehead atoms. The zero-order valence-electron chi connectivity index (χ0n) is 13.8. The minimum atomic E-state index is -0.508. The maximum atomic E-state index is 11.8. The fourth-order valence-electron chi connectivity index (χ4n) is 3.00. The number of likely N-dealkylation sites (tertiary alicyclic amines) is 1. The standard InChI is InChI=1S/C18H25BrN2O3/c19-14-3-5-17(6-4-14)24-12-16(22)11-21-9-7-15(8-10-21)20-18(23)13-1-2-13/h3-6,13,15-16,22H,1-2,7-12H2,(H,20,23). The molecular weight excluding hydrogens is 372 g/mol.